The lowest BCUT2D eigenvalue weighted by atomic mass is 10.1. The van der Waals surface area contributed by atoms with Crippen LogP contribution in [0.5, 0.6) is 5.88 Å². The number of rotatable bonds is 4. The molecule has 0 radical (unpaired) electrons. The monoisotopic (exact) mass is 234 g/mol. The molecule has 1 aromatic heterocycles. The fourth-order valence-electron chi connectivity index (χ4n) is 2.16. The Hall–Kier alpha value is -1.58. The van der Waals surface area contributed by atoms with Crippen molar-refractivity contribution in [1.82, 2.24) is 4.98 Å². The van der Waals surface area contributed by atoms with Crippen LogP contribution in [-0.4, -0.2) is 17.5 Å². The number of hydrogen-bond acceptors (Lipinski definition) is 3. The van der Waals surface area contributed by atoms with E-state index in [1.165, 1.54) is 0 Å². The SMILES string of the molecule is CCOc1ncccc1NC(=O)C1CCCC1. The van der Waals surface area contributed by atoms with Crippen molar-refractivity contribution in [3.63, 3.8) is 0 Å². The van der Waals surface area contributed by atoms with Gasteiger partial charge in [-0.25, -0.2) is 4.98 Å². The Bertz CT molecular complexity index is 387. The van der Waals surface area contributed by atoms with Crippen molar-refractivity contribution in [1.29, 1.82) is 0 Å². The van der Waals surface area contributed by atoms with Crippen molar-refractivity contribution >= 4 is 11.6 Å². The van der Waals surface area contributed by atoms with Gasteiger partial charge in [0.25, 0.3) is 0 Å². The molecule has 1 aliphatic carbocycles. The molecule has 2 rings (SSSR count). The molecule has 0 atom stereocenters. The van der Waals surface area contributed by atoms with Gasteiger partial charge in [-0.2, -0.15) is 0 Å². The minimum absolute atomic E-state index is 0.0939. The normalized spacial score (nSPS) is 15.8. The largest absolute Gasteiger partial charge is 0.476 e. The summed E-state index contributed by atoms with van der Waals surface area (Å²) < 4.78 is 5.37. The third kappa shape index (κ3) is 2.96. The molecule has 1 amide bonds. The lowest BCUT2D eigenvalue weighted by Gasteiger charge is -2.12. The first-order valence-corrected chi connectivity index (χ1v) is 6.20. The van der Waals surface area contributed by atoms with Gasteiger partial charge in [0.05, 0.1) is 6.61 Å². The van der Waals surface area contributed by atoms with Gasteiger partial charge in [-0.15, -0.1) is 0 Å². The summed E-state index contributed by atoms with van der Waals surface area (Å²) in [6.07, 6.45) is 5.97. The standard InChI is InChI=1S/C13H18N2O2/c1-2-17-13-11(8-5-9-14-13)15-12(16)10-6-3-4-7-10/h5,8-10H,2-4,6-7H2,1H3,(H,15,16). The van der Waals surface area contributed by atoms with Crippen molar-refractivity contribution in [2.75, 3.05) is 11.9 Å². The van der Waals surface area contributed by atoms with E-state index in [1.54, 1.807) is 12.3 Å². The van der Waals surface area contributed by atoms with Gasteiger partial charge in [-0.1, -0.05) is 12.8 Å². The molecule has 92 valence electrons. The maximum absolute atomic E-state index is 12.0. The highest BCUT2D eigenvalue weighted by molar-refractivity contribution is 5.93. The number of carbonyl (C=O) groups excluding carboxylic acids is 1. The molecule has 1 saturated carbocycles. The predicted octanol–water partition coefficient (Wildman–Crippen LogP) is 2.61. The summed E-state index contributed by atoms with van der Waals surface area (Å²) in [7, 11) is 0. The number of anilines is 1. The van der Waals surface area contributed by atoms with Crippen LogP contribution in [0.25, 0.3) is 0 Å². The summed E-state index contributed by atoms with van der Waals surface area (Å²) in [4.78, 5) is 16.1. The first kappa shape index (κ1) is 11.9. The maximum atomic E-state index is 12.0. The van der Waals surface area contributed by atoms with Crippen LogP contribution in [0.4, 0.5) is 5.69 Å². The zero-order chi connectivity index (χ0) is 12.1. The minimum Gasteiger partial charge on any atom is -0.476 e. The third-order valence-corrected chi connectivity index (χ3v) is 3.04. The molecular formula is C13H18N2O2. The van der Waals surface area contributed by atoms with Gasteiger partial charge in [0, 0.05) is 12.1 Å². The second-order valence-corrected chi connectivity index (χ2v) is 4.26. The summed E-state index contributed by atoms with van der Waals surface area (Å²) in [6.45, 7) is 2.45. The topological polar surface area (TPSA) is 51.2 Å². The van der Waals surface area contributed by atoms with E-state index >= 15 is 0 Å². The van der Waals surface area contributed by atoms with E-state index in [0.717, 1.165) is 25.7 Å². The number of carbonyl (C=O) groups is 1. The Kier molecular flexibility index (Phi) is 3.96. The molecule has 1 aromatic rings. The zero-order valence-corrected chi connectivity index (χ0v) is 10.1. The van der Waals surface area contributed by atoms with Crippen LogP contribution >= 0.6 is 0 Å². The smallest absolute Gasteiger partial charge is 0.237 e. The van der Waals surface area contributed by atoms with Crippen LogP contribution in [0.2, 0.25) is 0 Å². The van der Waals surface area contributed by atoms with Crippen LogP contribution in [0, 0.1) is 5.92 Å². The molecule has 17 heavy (non-hydrogen) atoms. The molecular weight excluding hydrogens is 216 g/mol. The van der Waals surface area contributed by atoms with Gasteiger partial charge in [-0.05, 0) is 31.9 Å². The van der Waals surface area contributed by atoms with E-state index in [0.29, 0.717) is 18.2 Å². The quantitative estimate of drug-likeness (QED) is 0.871. The van der Waals surface area contributed by atoms with E-state index in [1.807, 2.05) is 13.0 Å². The highest BCUT2D eigenvalue weighted by Gasteiger charge is 2.23. The highest BCUT2D eigenvalue weighted by atomic mass is 16.5. The average molecular weight is 234 g/mol. The fraction of sp³-hybridized carbons (Fsp3) is 0.538. The molecule has 1 aliphatic rings. The summed E-state index contributed by atoms with van der Waals surface area (Å²) in [5.41, 5.74) is 0.672. The maximum Gasteiger partial charge on any atom is 0.237 e. The van der Waals surface area contributed by atoms with E-state index in [9.17, 15) is 4.79 Å². The van der Waals surface area contributed by atoms with Gasteiger partial charge in [-0.3, -0.25) is 4.79 Å². The highest BCUT2D eigenvalue weighted by Crippen LogP contribution is 2.27. The molecule has 0 saturated heterocycles. The Balaban J connectivity index is 2.04. The molecule has 1 N–H and O–H groups in total. The zero-order valence-electron chi connectivity index (χ0n) is 10.1. The first-order chi connectivity index (χ1) is 8.31. The summed E-state index contributed by atoms with van der Waals surface area (Å²) in [5, 5.41) is 2.91. The van der Waals surface area contributed by atoms with E-state index in [4.69, 9.17) is 4.74 Å². The van der Waals surface area contributed by atoms with E-state index < -0.39 is 0 Å². The lowest BCUT2D eigenvalue weighted by molar-refractivity contribution is -0.119. The molecule has 4 nitrogen and oxygen atoms in total. The number of nitrogens with one attached hydrogen (secondary N) is 1. The van der Waals surface area contributed by atoms with Crippen LogP contribution in [0.3, 0.4) is 0 Å². The number of ether oxygens (including phenoxy) is 1. The van der Waals surface area contributed by atoms with Crippen LogP contribution < -0.4 is 10.1 Å². The molecule has 0 spiro atoms. The molecule has 0 unspecified atom stereocenters. The molecule has 0 aliphatic heterocycles. The van der Waals surface area contributed by atoms with Gasteiger partial charge < -0.3 is 10.1 Å². The van der Waals surface area contributed by atoms with Gasteiger partial charge in [0.2, 0.25) is 11.8 Å². The minimum atomic E-state index is 0.0939. The number of aromatic nitrogens is 1. The molecule has 1 fully saturated rings. The first-order valence-electron chi connectivity index (χ1n) is 6.20. The van der Waals surface area contributed by atoms with Gasteiger partial charge >= 0.3 is 0 Å². The molecule has 0 bridgehead atoms. The Labute approximate surface area is 101 Å². The predicted molar refractivity (Wildman–Crippen MR) is 66.0 cm³/mol. The lowest BCUT2D eigenvalue weighted by Crippen LogP contribution is -2.20. The van der Waals surface area contributed by atoms with E-state index in [-0.39, 0.29) is 11.8 Å². The second-order valence-electron chi connectivity index (χ2n) is 4.26. The van der Waals surface area contributed by atoms with E-state index in [2.05, 4.69) is 10.3 Å². The number of nitrogens with zero attached hydrogens (tertiary/aromatic N) is 1. The summed E-state index contributed by atoms with van der Waals surface area (Å²) >= 11 is 0. The van der Waals surface area contributed by atoms with Crippen molar-refractivity contribution < 1.29 is 9.53 Å². The van der Waals surface area contributed by atoms with Gasteiger partial charge in [0.15, 0.2) is 0 Å². The molecule has 0 aromatic carbocycles. The Morgan fingerprint density at radius 3 is 3.00 bits per heavy atom. The third-order valence-electron chi connectivity index (χ3n) is 3.04. The Morgan fingerprint density at radius 2 is 2.29 bits per heavy atom. The second kappa shape index (κ2) is 5.66. The van der Waals surface area contributed by atoms with Crippen molar-refractivity contribution in [3.8, 4) is 5.88 Å². The molecule has 4 heteroatoms. The fourth-order valence-corrected chi connectivity index (χ4v) is 2.16. The summed E-state index contributed by atoms with van der Waals surface area (Å²) in [6, 6.07) is 3.62. The molecule has 1 heterocycles. The van der Waals surface area contributed by atoms with Crippen LogP contribution in [-0.2, 0) is 4.79 Å². The number of amides is 1. The van der Waals surface area contributed by atoms with Crippen molar-refractivity contribution in [3.05, 3.63) is 18.3 Å². The van der Waals surface area contributed by atoms with Crippen molar-refractivity contribution in [2.45, 2.75) is 32.6 Å². The van der Waals surface area contributed by atoms with Crippen LogP contribution in [0.15, 0.2) is 18.3 Å². The average Bonchev–Trinajstić information content (AvgIpc) is 2.85. The summed E-state index contributed by atoms with van der Waals surface area (Å²) in [5.74, 6) is 0.752. The van der Waals surface area contributed by atoms with Crippen molar-refractivity contribution in [2.24, 2.45) is 5.92 Å². The number of pyridine rings is 1. The Morgan fingerprint density at radius 1 is 1.53 bits per heavy atom. The number of hydrogen-bond donors (Lipinski definition) is 1. The van der Waals surface area contributed by atoms with Gasteiger partial charge in [0.1, 0.15) is 5.69 Å². The van der Waals surface area contributed by atoms with Crippen LogP contribution in [0.1, 0.15) is 32.6 Å².